The number of hydrogen-bond donors (Lipinski definition) is 2. The number of nitrogens with zero attached hydrogens (tertiary/aromatic N) is 4. The fourth-order valence-electron chi connectivity index (χ4n) is 3.37. The van der Waals surface area contributed by atoms with Gasteiger partial charge in [-0.2, -0.15) is 4.99 Å². The second kappa shape index (κ2) is 11.6. The molecule has 1 aromatic carbocycles. The van der Waals surface area contributed by atoms with E-state index in [0.717, 1.165) is 16.7 Å². The Bertz CT molecular complexity index is 1060. The third kappa shape index (κ3) is 8.46. The Morgan fingerprint density at radius 1 is 1.21 bits per heavy atom. The van der Waals surface area contributed by atoms with Crippen molar-refractivity contribution < 1.29 is 14.3 Å². The summed E-state index contributed by atoms with van der Waals surface area (Å²) >= 11 is 0. The standard InChI is InChI=1S/C25H36N6O3/c1-16(2)19(17(3)13-20(26)28-24(33)34-25(4,5)6)15-27-23(32)22-29-21(31(7)30-22)14-18-11-9-8-10-12-18/h8-12,16H,13-15H2,1-7H3,(H,27,32)(H2,26,28,33)/b19-17-. The summed E-state index contributed by atoms with van der Waals surface area (Å²) in [5.41, 5.74) is 8.35. The SMILES string of the molecule is C/C(CC(N)=NC(=O)OC(C)(C)C)=C(\CNC(=O)c1nc(Cc2ccccc2)n(C)n1)C(C)C. The Kier molecular flexibility index (Phi) is 9.11. The van der Waals surface area contributed by atoms with Gasteiger partial charge in [0.05, 0.1) is 0 Å². The number of carbonyl (C=O) groups is 2. The maximum absolute atomic E-state index is 12.7. The lowest BCUT2D eigenvalue weighted by atomic mass is 9.96. The van der Waals surface area contributed by atoms with E-state index in [4.69, 9.17) is 10.5 Å². The van der Waals surface area contributed by atoms with Gasteiger partial charge in [-0.25, -0.2) is 9.78 Å². The Morgan fingerprint density at radius 2 is 1.85 bits per heavy atom. The van der Waals surface area contributed by atoms with Crippen LogP contribution in [0, 0.1) is 5.92 Å². The molecule has 0 unspecified atom stereocenters. The number of carbonyl (C=O) groups excluding carboxylic acids is 2. The largest absolute Gasteiger partial charge is 0.442 e. The van der Waals surface area contributed by atoms with Crippen molar-refractivity contribution in [3.05, 3.63) is 58.7 Å². The van der Waals surface area contributed by atoms with Crippen molar-refractivity contribution in [1.82, 2.24) is 20.1 Å². The monoisotopic (exact) mass is 468 g/mol. The van der Waals surface area contributed by atoms with E-state index in [1.54, 1.807) is 32.5 Å². The molecule has 2 aromatic rings. The second-order valence-corrected chi connectivity index (χ2v) is 9.54. The lowest BCUT2D eigenvalue weighted by Gasteiger charge is -2.18. The number of rotatable bonds is 8. The highest BCUT2D eigenvalue weighted by Crippen LogP contribution is 2.17. The number of aryl methyl sites for hydroxylation is 1. The van der Waals surface area contributed by atoms with Gasteiger partial charge in [0.25, 0.3) is 5.91 Å². The molecule has 34 heavy (non-hydrogen) atoms. The van der Waals surface area contributed by atoms with Crippen LogP contribution in [0.3, 0.4) is 0 Å². The lowest BCUT2D eigenvalue weighted by Crippen LogP contribution is -2.29. The number of nitrogens with one attached hydrogen (secondary N) is 1. The zero-order valence-electron chi connectivity index (χ0n) is 21.2. The van der Waals surface area contributed by atoms with Gasteiger partial charge in [-0.05, 0) is 44.7 Å². The summed E-state index contributed by atoms with van der Waals surface area (Å²) in [6.45, 7) is 11.6. The van der Waals surface area contributed by atoms with Crippen molar-refractivity contribution in [3.8, 4) is 0 Å². The van der Waals surface area contributed by atoms with Crippen molar-refractivity contribution in [1.29, 1.82) is 0 Å². The molecule has 0 bridgehead atoms. The topological polar surface area (TPSA) is 124 Å². The van der Waals surface area contributed by atoms with Crippen LogP contribution in [0.15, 0.2) is 46.5 Å². The second-order valence-electron chi connectivity index (χ2n) is 9.54. The molecule has 0 spiro atoms. The van der Waals surface area contributed by atoms with Gasteiger partial charge in [-0.1, -0.05) is 49.8 Å². The molecular formula is C25H36N6O3. The quantitative estimate of drug-likeness (QED) is 0.345. The molecule has 9 nitrogen and oxygen atoms in total. The van der Waals surface area contributed by atoms with Crippen LogP contribution in [0.4, 0.5) is 4.79 Å². The average Bonchev–Trinajstić information content (AvgIpc) is 3.07. The van der Waals surface area contributed by atoms with E-state index in [2.05, 4.69) is 20.4 Å². The number of ether oxygens (including phenoxy) is 1. The molecule has 0 aliphatic rings. The first-order chi connectivity index (χ1) is 15.9. The van der Waals surface area contributed by atoms with E-state index < -0.39 is 11.7 Å². The summed E-state index contributed by atoms with van der Waals surface area (Å²) < 4.78 is 6.80. The first-order valence-corrected chi connectivity index (χ1v) is 11.3. The molecule has 184 valence electrons. The normalized spacial score (nSPS) is 13.0. The minimum Gasteiger partial charge on any atom is -0.442 e. The number of amides is 2. The molecule has 0 saturated carbocycles. The van der Waals surface area contributed by atoms with Gasteiger partial charge in [-0.15, -0.1) is 5.10 Å². The zero-order chi connectivity index (χ0) is 25.5. The summed E-state index contributed by atoms with van der Waals surface area (Å²) in [5, 5.41) is 7.17. The fourth-order valence-corrected chi connectivity index (χ4v) is 3.37. The number of aromatic nitrogens is 3. The summed E-state index contributed by atoms with van der Waals surface area (Å²) in [6, 6.07) is 9.90. The van der Waals surface area contributed by atoms with Gasteiger partial charge in [0.1, 0.15) is 17.3 Å². The van der Waals surface area contributed by atoms with Crippen molar-refractivity contribution in [2.75, 3.05) is 6.54 Å². The molecule has 2 amide bonds. The molecule has 1 aromatic heterocycles. The van der Waals surface area contributed by atoms with Gasteiger partial charge in [0, 0.05) is 26.4 Å². The van der Waals surface area contributed by atoms with Gasteiger partial charge in [-0.3, -0.25) is 9.48 Å². The summed E-state index contributed by atoms with van der Waals surface area (Å²) in [5.74, 6) is 0.794. The van der Waals surface area contributed by atoms with Crippen LogP contribution in [0.1, 0.15) is 70.0 Å². The molecule has 2 rings (SSSR count). The fraction of sp³-hybridized carbons (Fsp3) is 0.480. The Balaban J connectivity index is 2.05. The van der Waals surface area contributed by atoms with Gasteiger partial charge < -0.3 is 15.8 Å². The Labute approximate surface area is 201 Å². The molecular weight excluding hydrogens is 432 g/mol. The molecule has 3 N–H and O–H groups in total. The molecule has 0 radical (unpaired) electrons. The Hall–Kier alpha value is -3.49. The minimum atomic E-state index is -0.718. The highest BCUT2D eigenvalue weighted by Gasteiger charge is 2.18. The van der Waals surface area contributed by atoms with Gasteiger partial charge in [0.15, 0.2) is 0 Å². The molecule has 0 atom stereocenters. The van der Waals surface area contributed by atoms with Crippen LogP contribution in [0.5, 0.6) is 0 Å². The van der Waals surface area contributed by atoms with Crippen molar-refractivity contribution in [2.45, 2.75) is 60.0 Å². The van der Waals surface area contributed by atoms with Crippen molar-refractivity contribution in [3.63, 3.8) is 0 Å². The van der Waals surface area contributed by atoms with E-state index >= 15 is 0 Å². The predicted molar refractivity (Wildman–Crippen MR) is 133 cm³/mol. The molecule has 0 saturated heterocycles. The molecule has 0 aliphatic heterocycles. The summed E-state index contributed by atoms with van der Waals surface area (Å²) in [4.78, 5) is 32.9. The number of aliphatic imine (C=N–C) groups is 1. The molecule has 1 heterocycles. The summed E-state index contributed by atoms with van der Waals surface area (Å²) in [6.07, 6.45) is 0.167. The van der Waals surface area contributed by atoms with E-state index in [-0.39, 0.29) is 23.5 Å². The summed E-state index contributed by atoms with van der Waals surface area (Å²) in [7, 11) is 1.78. The average molecular weight is 469 g/mol. The van der Waals surface area contributed by atoms with E-state index in [1.165, 1.54) is 0 Å². The van der Waals surface area contributed by atoms with Crippen molar-refractivity contribution >= 4 is 17.8 Å². The Morgan fingerprint density at radius 3 is 2.44 bits per heavy atom. The predicted octanol–water partition coefficient (Wildman–Crippen LogP) is 3.79. The van der Waals surface area contributed by atoms with Crippen LogP contribution in [0.2, 0.25) is 0 Å². The third-order valence-electron chi connectivity index (χ3n) is 5.02. The van der Waals surface area contributed by atoms with Crippen LogP contribution < -0.4 is 11.1 Å². The first kappa shape index (κ1) is 26.8. The minimum absolute atomic E-state index is 0.125. The highest BCUT2D eigenvalue weighted by molar-refractivity contribution is 5.92. The number of nitrogens with two attached hydrogens (primary N) is 1. The zero-order valence-corrected chi connectivity index (χ0v) is 21.2. The smallest absolute Gasteiger partial charge is 0.435 e. The van der Waals surface area contributed by atoms with Gasteiger partial charge >= 0.3 is 6.09 Å². The number of benzene rings is 1. The number of amidine groups is 1. The van der Waals surface area contributed by atoms with Crippen LogP contribution in [-0.4, -0.2) is 44.7 Å². The van der Waals surface area contributed by atoms with E-state index in [1.807, 2.05) is 51.1 Å². The van der Waals surface area contributed by atoms with Crippen LogP contribution >= 0.6 is 0 Å². The van der Waals surface area contributed by atoms with Crippen molar-refractivity contribution in [2.24, 2.45) is 23.7 Å². The third-order valence-corrected chi connectivity index (χ3v) is 5.02. The van der Waals surface area contributed by atoms with Crippen LogP contribution in [-0.2, 0) is 18.2 Å². The molecule has 0 fully saturated rings. The van der Waals surface area contributed by atoms with E-state index in [0.29, 0.717) is 25.2 Å². The molecule has 0 aliphatic carbocycles. The lowest BCUT2D eigenvalue weighted by molar-refractivity contribution is 0.0603. The highest BCUT2D eigenvalue weighted by atomic mass is 16.6. The first-order valence-electron chi connectivity index (χ1n) is 11.3. The maximum Gasteiger partial charge on any atom is 0.435 e. The van der Waals surface area contributed by atoms with Gasteiger partial charge in [0.2, 0.25) is 5.82 Å². The van der Waals surface area contributed by atoms with Crippen LogP contribution in [0.25, 0.3) is 0 Å². The molecule has 9 heteroatoms. The maximum atomic E-state index is 12.7. The van der Waals surface area contributed by atoms with E-state index in [9.17, 15) is 9.59 Å². The number of hydrogen-bond acceptors (Lipinski definition) is 5.